The molecule has 9 heteroatoms. The summed E-state index contributed by atoms with van der Waals surface area (Å²) in [4.78, 5) is 13.7. The van der Waals surface area contributed by atoms with Crippen LogP contribution in [0.25, 0.3) is 0 Å². The lowest BCUT2D eigenvalue weighted by molar-refractivity contribution is -0.276. The minimum Gasteiger partial charge on any atom is -0.481 e. The number of hydrogen-bond acceptors (Lipinski definition) is 4. The largest absolute Gasteiger partial charge is 0.574 e. The van der Waals surface area contributed by atoms with Crippen molar-refractivity contribution < 1.29 is 32.2 Å². The van der Waals surface area contributed by atoms with Gasteiger partial charge in [-0.2, -0.15) is 0 Å². The molecule has 0 aliphatic carbocycles. The number of hydrogen-bond donors (Lipinski definition) is 2. The third-order valence-electron chi connectivity index (χ3n) is 1.95. The molecule has 1 rings (SSSR count). The molecule has 0 saturated heterocycles. The van der Waals surface area contributed by atoms with Crippen LogP contribution in [0.5, 0.6) is 5.88 Å². The lowest BCUT2D eigenvalue weighted by atomic mass is 10.1. The van der Waals surface area contributed by atoms with E-state index in [2.05, 4.69) is 9.72 Å². The fourth-order valence-electron chi connectivity index (χ4n) is 1.22. The summed E-state index contributed by atoms with van der Waals surface area (Å²) >= 11 is 0. The van der Waals surface area contributed by atoms with Crippen molar-refractivity contribution in [2.45, 2.75) is 19.5 Å². The highest BCUT2D eigenvalue weighted by atomic mass is 19.4. The second kappa shape index (κ2) is 5.07. The van der Waals surface area contributed by atoms with Gasteiger partial charge in [0.2, 0.25) is 5.88 Å². The van der Waals surface area contributed by atoms with Crippen molar-refractivity contribution in [3.63, 3.8) is 0 Å². The number of carboxylic acids is 1. The van der Waals surface area contributed by atoms with Crippen LogP contribution in [0.15, 0.2) is 6.20 Å². The molecule has 1 aromatic heterocycles. The Morgan fingerprint density at radius 3 is 2.56 bits per heavy atom. The molecule has 0 atom stereocenters. The third-order valence-corrected chi connectivity index (χ3v) is 1.95. The highest BCUT2D eigenvalue weighted by Gasteiger charge is 2.33. The van der Waals surface area contributed by atoms with Gasteiger partial charge >= 0.3 is 12.3 Å². The van der Waals surface area contributed by atoms with Gasteiger partial charge in [-0.1, -0.05) is 0 Å². The summed E-state index contributed by atoms with van der Waals surface area (Å²) in [5.41, 5.74) is 4.26. The molecule has 5 nitrogen and oxygen atoms in total. The maximum absolute atomic E-state index is 12.6. The van der Waals surface area contributed by atoms with Gasteiger partial charge in [-0.3, -0.25) is 4.79 Å². The maximum atomic E-state index is 12.6. The molecule has 0 aliphatic rings. The van der Waals surface area contributed by atoms with Gasteiger partial charge in [0, 0.05) is 17.4 Å². The molecule has 0 aromatic carbocycles. The summed E-state index contributed by atoms with van der Waals surface area (Å²) in [7, 11) is 0. The SMILES string of the molecule is Nc1c(CC(=O)O)cnc(OC(F)(F)F)c1CF. The number of anilines is 1. The molecule has 0 unspecified atom stereocenters. The Bertz CT molecular complexity index is 462. The zero-order valence-electron chi connectivity index (χ0n) is 8.79. The quantitative estimate of drug-likeness (QED) is 0.811. The smallest absolute Gasteiger partial charge is 0.481 e. The molecule has 18 heavy (non-hydrogen) atoms. The van der Waals surface area contributed by atoms with Crippen LogP contribution in [-0.2, 0) is 17.9 Å². The Balaban J connectivity index is 3.16. The number of carboxylic acid groups (broad SMARTS) is 1. The van der Waals surface area contributed by atoms with E-state index >= 15 is 0 Å². The van der Waals surface area contributed by atoms with Crippen LogP contribution in [0.4, 0.5) is 23.2 Å². The highest BCUT2D eigenvalue weighted by molar-refractivity contribution is 5.73. The van der Waals surface area contributed by atoms with Crippen molar-refractivity contribution in [1.82, 2.24) is 4.98 Å². The number of nitrogens with two attached hydrogens (primary N) is 1. The number of nitrogens with zero attached hydrogens (tertiary/aromatic N) is 1. The van der Waals surface area contributed by atoms with Crippen LogP contribution in [0.2, 0.25) is 0 Å². The number of carbonyl (C=O) groups is 1. The minimum atomic E-state index is -5.03. The average Bonchev–Trinajstić information content (AvgIpc) is 2.20. The van der Waals surface area contributed by atoms with Crippen LogP contribution in [0.3, 0.4) is 0 Å². The number of rotatable bonds is 4. The van der Waals surface area contributed by atoms with Crippen LogP contribution >= 0.6 is 0 Å². The first-order valence-corrected chi connectivity index (χ1v) is 4.54. The second-order valence-electron chi connectivity index (χ2n) is 3.23. The normalized spacial score (nSPS) is 11.3. The molecule has 0 amide bonds. The fraction of sp³-hybridized carbons (Fsp3) is 0.333. The van der Waals surface area contributed by atoms with Gasteiger partial charge in [0.1, 0.15) is 6.67 Å². The zero-order chi connectivity index (χ0) is 13.9. The number of aliphatic carboxylic acids is 1. The highest BCUT2D eigenvalue weighted by Crippen LogP contribution is 2.30. The van der Waals surface area contributed by atoms with Crippen molar-refractivity contribution in [2.24, 2.45) is 0 Å². The summed E-state index contributed by atoms with van der Waals surface area (Å²) in [5.74, 6) is -2.28. The predicted molar refractivity (Wildman–Crippen MR) is 51.5 cm³/mol. The van der Waals surface area contributed by atoms with Gasteiger partial charge in [-0.15, -0.1) is 13.2 Å². The Morgan fingerprint density at radius 1 is 1.50 bits per heavy atom. The number of pyridine rings is 1. The first-order chi connectivity index (χ1) is 8.24. The standard InChI is InChI=1S/C9H8F4N2O3/c10-2-5-7(14)4(1-6(16)17)3-15-8(5)18-9(11,12)13/h3H,1-2H2,(H2,14,15)(H,16,17). The number of halogens is 4. The van der Waals surface area contributed by atoms with Crippen molar-refractivity contribution in [1.29, 1.82) is 0 Å². The Kier molecular flexibility index (Phi) is 3.94. The first kappa shape index (κ1) is 14.0. The van der Waals surface area contributed by atoms with E-state index in [0.29, 0.717) is 0 Å². The summed E-state index contributed by atoms with van der Waals surface area (Å²) < 4.78 is 52.1. The number of nitrogen functional groups attached to an aromatic ring is 1. The van der Waals surface area contributed by atoms with Crippen molar-refractivity contribution >= 4 is 11.7 Å². The van der Waals surface area contributed by atoms with Crippen LogP contribution < -0.4 is 10.5 Å². The molecule has 1 aromatic rings. The lowest BCUT2D eigenvalue weighted by Gasteiger charge is -2.14. The molecule has 0 fully saturated rings. The monoisotopic (exact) mass is 268 g/mol. The molecule has 0 bridgehead atoms. The Morgan fingerprint density at radius 2 is 2.11 bits per heavy atom. The van der Waals surface area contributed by atoms with Gasteiger partial charge in [-0.05, 0) is 0 Å². The van der Waals surface area contributed by atoms with Crippen LogP contribution in [-0.4, -0.2) is 22.4 Å². The third kappa shape index (κ3) is 3.47. The van der Waals surface area contributed by atoms with Crippen LogP contribution in [0, 0.1) is 0 Å². The van der Waals surface area contributed by atoms with E-state index in [-0.39, 0.29) is 5.56 Å². The zero-order valence-corrected chi connectivity index (χ0v) is 8.79. The molecular weight excluding hydrogens is 260 g/mol. The summed E-state index contributed by atoms with van der Waals surface area (Å²) in [6, 6.07) is 0. The van der Waals surface area contributed by atoms with E-state index in [4.69, 9.17) is 10.8 Å². The van der Waals surface area contributed by atoms with Gasteiger partial charge in [0.05, 0.1) is 12.0 Å². The van der Waals surface area contributed by atoms with Crippen molar-refractivity contribution in [3.8, 4) is 5.88 Å². The van der Waals surface area contributed by atoms with Gasteiger partial charge in [0.15, 0.2) is 0 Å². The molecular formula is C9H8F4N2O3. The summed E-state index contributed by atoms with van der Waals surface area (Å²) in [5, 5.41) is 8.52. The second-order valence-corrected chi connectivity index (χ2v) is 3.23. The van der Waals surface area contributed by atoms with E-state index in [9.17, 15) is 22.4 Å². The van der Waals surface area contributed by atoms with E-state index < -0.39 is 42.6 Å². The Hall–Kier alpha value is -2.06. The molecule has 1 heterocycles. The minimum absolute atomic E-state index is 0.0790. The number of aromatic nitrogens is 1. The van der Waals surface area contributed by atoms with Gasteiger partial charge in [-0.25, -0.2) is 9.37 Å². The molecule has 0 saturated carbocycles. The molecule has 3 N–H and O–H groups in total. The van der Waals surface area contributed by atoms with Crippen molar-refractivity contribution in [2.75, 3.05) is 5.73 Å². The molecule has 0 radical (unpaired) electrons. The number of ether oxygens (including phenoxy) is 1. The first-order valence-electron chi connectivity index (χ1n) is 4.54. The van der Waals surface area contributed by atoms with Gasteiger partial charge in [0.25, 0.3) is 0 Å². The topological polar surface area (TPSA) is 85.4 Å². The lowest BCUT2D eigenvalue weighted by Crippen LogP contribution is -2.20. The summed E-state index contributed by atoms with van der Waals surface area (Å²) in [6.45, 7) is -1.35. The average molecular weight is 268 g/mol. The Labute approximate surface area is 98.2 Å². The molecule has 0 aliphatic heterocycles. The van der Waals surface area contributed by atoms with E-state index in [1.165, 1.54) is 0 Å². The van der Waals surface area contributed by atoms with Crippen molar-refractivity contribution in [3.05, 3.63) is 17.3 Å². The molecule has 100 valence electrons. The molecule has 0 spiro atoms. The predicted octanol–water partition coefficient (Wildman–Crippen LogP) is 1.66. The maximum Gasteiger partial charge on any atom is 0.574 e. The van der Waals surface area contributed by atoms with Gasteiger partial charge < -0.3 is 15.6 Å². The van der Waals surface area contributed by atoms with Crippen LogP contribution in [0.1, 0.15) is 11.1 Å². The fourth-order valence-corrected chi connectivity index (χ4v) is 1.22. The van der Waals surface area contributed by atoms with E-state index in [1.807, 2.05) is 0 Å². The van der Waals surface area contributed by atoms with E-state index in [0.717, 1.165) is 6.20 Å². The van der Waals surface area contributed by atoms with E-state index in [1.54, 1.807) is 0 Å². The number of alkyl halides is 4. The summed E-state index contributed by atoms with van der Waals surface area (Å²) in [6.07, 6.45) is -4.79.